The molecule has 0 aromatic heterocycles. The Morgan fingerprint density at radius 3 is 2.60 bits per heavy atom. The molecule has 1 aliphatic rings. The van der Waals surface area contributed by atoms with Crippen molar-refractivity contribution in [3.8, 4) is 0 Å². The molecule has 0 spiro atoms. The minimum absolute atomic E-state index is 0.0256. The van der Waals surface area contributed by atoms with E-state index in [2.05, 4.69) is 5.32 Å². The Hall–Kier alpha value is -1.20. The van der Waals surface area contributed by atoms with Crippen molar-refractivity contribution in [3.63, 3.8) is 0 Å². The molecule has 1 aromatic rings. The number of carbonyl (C=O) groups excluding carboxylic acids is 1. The fourth-order valence-corrected chi connectivity index (χ4v) is 2.51. The van der Waals surface area contributed by atoms with Gasteiger partial charge in [-0.2, -0.15) is 0 Å². The molecule has 0 aliphatic heterocycles. The van der Waals surface area contributed by atoms with Gasteiger partial charge in [0.25, 0.3) is 0 Å². The minimum Gasteiger partial charge on any atom is -0.396 e. The molecule has 5 heteroatoms. The molecule has 4 nitrogen and oxygen atoms in total. The van der Waals surface area contributed by atoms with Crippen LogP contribution in [0.2, 0.25) is 0 Å². The molecule has 2 amide bonds. The molecule has 0 atom stereocenters. The highest BCUT2D eigenvalue weighted by Crippen LogP contribution is 2.28. The van der Waals surface area contributed by atoms with Gasteiger partial charge in [-0.25, -0.2) is 4.79 Å². The maximum atomic E-state index is 12.3. The van der Waals surface area contributed by atoms with E-state index in [1.54, 1.807) is 11.8 Å². The molecule has 1 fully saturated rings. The van der Waals surface area contributed by atoms with Crippen LogP contribution in [-0.2, 0) is 0 Å². The zero-order valence-electron chi connectivity index (χ0n) is 11.8. The predicted octanol–water partition coefficient (Wildman–Crippen LogP) is 3.18. The summed E-state index contributed by atoms with van der Waals surface area (Å²) in [7, 11) is 0. The van der Waals surface area contributed by atoms with Crippen molar-refractivity contribution in [1.29, 1.82) is 0 Å². The summed E-state index contributed by atoms with van der Waals surface area (Å²) >= 11 is 1.68. The van der Waals surface area contributed by atoms with Gasteiger partial charge >= 0.3 is 6.03 Å². The summed E-state index contributed by atoms with van der Waals surface area (Å²) < 4.78 is 0. The van der Waals surface area contributed by atoms with Gasteiger partial charge in [-0.15, -0.1) is 11.8 Å². The van der Waals surface area contributed by atoms with Crippen LogP contribution < -0.4 is 5.32 Å². The molecule has 0 saturated heterocycles. The van der Waals surface area contributed by atoms with Gasteiger partial charge in [0.2, 0.25) is 0 Å². The smallest absolute Gasteiger partial charge is 0.322 e. The SMILES string of the molecule is CSc1ccc(NC(=O)N(CCCCO)C2CC2)cc1. The van der Waals surface area contributed by atoms with Gasteiger partial charge < -0.3 is 15.3 Å². The van der Waals surface area contributed by atoms with E-state index in [1.165, 1.54) is 4.90 Å². The lowest BCUT2D eigenvalue weighted by molar-refractivity contribution is 0.204. The van der Waals surface area contributed by atoms with Gasteiger partial charge in [0, 0.05) is 29.8 Å². The molecule has 1 aromatic carbocycles. The Kier molecular flexibility index (Phi) is 5.73. The number of aliphatic hydroxyl groups is 1. The standard InChI is InChI=1S/C15H22N2O2S/c1-20-14-8-4-12(5-9-14)16-15(19)17(13-6-7-13)10-2-3-11-18/h4-5,8-9,13,18H,2-3,6-7,10-11H2,1H3,(H,16,19). The first-order valence-electron chi connectivity index (χ1n) is 7.07. The third kappa shape index (κ3) is 4.42. The molecule has 2 rings (SSSR count). The van der Waals surface area contributed by atoms with Crippen LogP contribution in [0, 0.1) is 0 Å². The number of hydrogen-bond donors (Lipinski definition) is 2. The maximum Gasteiger partial charge on any atom is 0.322 e. The molecule has 110 valence electrons. The third-order valence-corrected chi connectivity index (χ3v) is 4.14. The van der Waals surface area contributed by atoms with Crippen LogP contribution in [0.4, 0.5) is 10.5 Å². The fraction of sp³-hybridized carbons (Fsp3) is 0.533. The zero-order chi connectivity index (χ0) is 14.4. The number of nitrogens with zero attached hydrogens (tertiary/aromatic N) is 1. The van der Waals surface area contributed by atoms with E-state index in [0.29, 0.717) is 6.04 Å². The molecule has 2 N–H and O–H groups in total. The average molecular weight is 294 g/mol. The van der Waals surface area contributed by atoms with Crippen LogP contribution in [-0.4, -0.2) is 41.5 Å². The molecular weight excluding hydrogens is 272 g/mol. The van der Waals surface area contributed by atoms with Gasteiger partial charge in [-0.05, 0) is 56.2 Å². The van der Waals surface area contributed by atoms with Crippen LogP contribution in [0.5, 0.6) is 0 Å². The maximum absolute atomic E-state index is 12.3. The number of rotatable bonds is 7. The summed E-state index contributed by atoms with van der Waals surface area (Å²) in [6, 6.07) is 8.24. The summed E-state index contributed by atoms with van der Waals surface area (Å²) in [5, 5.41) is 11.8. The molecule has 1 aliphatic carbocycles. The Labute approximate surface area is 124 Å². The molecule has 0 bridgehead atoms. The summed E-state index contributed by atoms with van der Waals surface area (Å²) in [5.41, 5.74) is 0.834. The number of aliphatic hydroxyl groups excluding tert-OH is 1. The lowest BCUT2D eigenvalue weighted by atomic mass is 10.3. The first-order valence-corrected chi connectivity index (χ1v) is 8.29. The highest BCUT2D eigenvalue weighted by molar-refractivity contribution is 7.98. The number of nitrogens with one attached hydrogen (secondary N) is 1. The summed E-state index contributed by atoms with van der Waals surface area (Å²) in [6.07, 6.45) is 5.82. The second-order valence-electron chi connectivity index (χ2n) is 5.01. The lowest BCUT2D eigenvalue weighted by Gasteiger charge is -2.22. The van der Waals surface area contributed by atoms with E-state index in [9.17, 15) is 4.79 Å². The second-order valence-corrected chi connectivity index (χ2v) is 5.89. The van der Waals surface area contributed by atoms with Gasteiger partial charge in [-0.3, -0.25) is 0 Å². The van der Waals surface area contributed by atoms with Crippen molar-refractivity contribution in [2.75, 3.05) is 24.7 Å². The largest absolute Gasteiger partial charge is 0.396 e. The van der Waals surface area contributed by atoms with Crippen molar-refractivity contribution < 1.29 is 9.90 Å². The van der Waals surface area contributed by atoms with E-state index >= 15 is 0 Å². The first kappa shape index (κ1) is 15.2. The highest BCUT2D eigenvalue weighted by Gasteiger charge is 2.32. The van der Waals surface area contributed by atoms with Crippen molar-refractivity contribution in [3.05, 3.63) is 24.3 Å². The minimum atomic E-state index is -0.0256. The average Bonchev–Trinajstić information content (AvgIpc) is 3.29. The number of benzene rings is 1. The fourth-order valence-electron chi connectivity index (χ4n) is 2.10. The van der Waals surface area contributed by atoms with Crippen LogP contribution in [0.25, 0.3) is 0 Å². The van der Waals surface area contributed by atoms with Gasteiger partial charge in [0.05, 0.1) is 0 Å². The van der Waals surface area contributed by atoms with E-state index in [0.717, 1.165) is 37.9 Å². The monoisotopic (exact) mass is 294 g/mol. The molecule has 0 heterocycles. The number of anilines is 1. The van der Waals surface area contributed by atoms with Crippen molar-refractivity contribution >= 4 is 23.5 Å². The number of carbonyl (C=O) groups is 1. The predicted molar refractivity (Wildman–Crippen MR) is 83.3 cm³/mol. The molecular formula is C15H22N2O2S. The highest BCUT2D eigenvalue weighted by atomic mass is 32.2. The van der Waals surface area contributed by atoms with Gasteiger partial charge in [0.15, 0.2) is 0 Å². The molecule has 0 unspecified atom stereocenters. The van der Waals surface area contributed by atoms with Crippen molar-refractivity contribution in [2.24, 2.45) is 0 Å². The van der Waals surface area contributed by atoms with E-state index < -0.39 is 0 Å². The number of urea groups is 1. The van der Waals surface area contributed by atoms with Crippen LogP contribution in [0.3, 0.4) is 0 Å². The Morgan fingerprint density at radius 1 is 1.35 bits per heavy atom. The van der Waals surface area contributed by atoms with Crippen LogP contribution in [0.1, 0.15) is 25.7 Å². The number of thioether (sulfide) groups is 1. The normalized spacial score (nSPS) is 14.1. The van der Waals surface area contributed by atoms with E-state index in [4.69, 9.17) is 5.11 Å². The quantitative estimate of drug-likeness (QED) is 0.600. The molecule has 20 heavy (non-hydrogen) atoms. The number of hydrogen-bond acceptors (Lipinski definition) is 3. The summed E-state index contributed by atoms with van der Waals surface area (Å²) in [5.74, 6) is 0. The van der Waals surface area contributed by atoms with Crippen LogP contribution >= 0.6 is 11.8 Å². The Morgan fingerprint density at radius 2 is 2.05 bits per heavy atom. The molecule has 0 radical (unpaired) electrons. The van der Waals surface area contributed by atoms with Gasteiger partial charge in [-0.1, -0.05) is 0 Å². The molecule has 1 saturated carbocycles. The number of unbranched alkanes of at least 4 members (excludes halogenated alkanes) is 1. The van der Waals surface area contributed by atoms with Crippen LogP contribution in [0.15, 0.2) is 29.2 Å². The van der Waals surface area contributed by atoms with Gasteiger partial charge in [0.1, 0.15) is 0 Å². The third-order valence-electron chi connectivity index (χ3n) is 3.40. The zero-order valence-corrected chi connectivity index (χ0v) is 12.7. The first-order chi connectivity index (χ1) is 9.74. The summed E-state index contributed by atoms with van der Waals surface area (Å²) in [4.78, 5) is 15.4. The van der Waals surface area contributed by atoms with Crippen molar-refractivity contribution in [1.82, 2.24) is 4.90 Å². The lowest BCUT2D eigenvalue weighted by Crippen LogP contribution is -2.37. The Bertz CT molecular complexity index is 432. The van der Waals surface area contributed by atoms with Crippen molar-refractivity contribution in [2.45, 2.75) is 36.6 Å². The van der Waals surface area contributed by atoms with E-state index in [1.807, 2.05) is 35.4 Å². The number of amides is 2. The summed E-state index contributed by atoms with van der Waals surface area (Å²) in [6.45, 7) is 0.913. The Balaban J connectivity index is 1.89. The topological polar surface area (TPSA) is 52.6 Å². The second kappa shape index (κ2) is 7.55. The van der Waals surface area contributed by atoms with E-state index in [-0.39, 0.29) is 12.6 Å².